The molecule has 0 unspecified atom stereocenters. The molecule has 0 radical (unpaired) electrons. The number of benzene rings is 1. The molecule has 0 aromatic heterocycles. The smallest absolute Gasteiger partial charge is 0.258 e. The largest absolute Gasteiger partial charge is 0.275 e. The van der Waals surface area contributed by atoms with Gasteiger partial charge in [-0.2, -0.15) is 0 Å². The molecule has 1 aromatic carbocycles. The summed E-state index contributed by atoms with van der Waals surface area (Å²) in [5.74, 6) is -3.69. The summed E-state index contributed by atoms with van der Waals surface area (Å²) < 4.78 is 37.4. The molecule has 1 aromatic rings. The van der Waals surface area contributed by atoms with Gasteiger partial charge in [0.15, 0.2) is 0 Å². The number of halogens is 5. The van der Waals surface area contributed by atoms with E-state index in [-0.39, 0.29) is 12.4 Å². The van der Waals surface area contributed by atoms with Gasteiger partial charge in [-0.25, -0.2) is 13.2 Å². The van der Waals surface area contributed by atoms with Crippen molar-refractivity contribution >= 4 is 29.3 Å². The fraction of sp³-hybridized carbons (Fsp3) is 0. The van der Waals surface area contributed by atoms with Crippen molar-refractivity contribution < 1.29 is 18.0 Å². The normalized spacial score (nSPS) is 9.23. The van der Waals surface area contributed by atoms with Gasteiger partial charge >= 0.3 is 0 Å². The minimum atomic E-state index is -1.30. The van der Waals surface area contributed by atoms with Gasteiger partial charge in [-0.3, -0.25) is 4.79 Å². The zero-order valence-electron chi connectivity index (χ0n) is 5.98. The molecule has 13 heavy (non-hydrogen) atoms. The maximum Gasteiger partial charge on any atom is 0.258 e. The lowest BCUT2D eigenvalue weighted by molar-refractivity contribution is 0.107. The van der Waals surface area contributed by atoms with Crippen LogP contribution in [0.3, 0.4) is 0 Å². The lowest BCUT2D eigenvalue weighted by Gasteiger charge is -1.98. The predicted molar refractivity (Wildman–Crippen MR) is 43.7 cm³/mol. The van der Waals surface area contributed by atoms with E-state index in [1.165, 1.54) is 0 Å². The molecule has 0 fully saturated rings. The first-order valence-electron chi connectivity index (χ1n) is 2.86. The number of rotatable bonds is 1. The van der Waals surface area contributed by atoms with Gasteiger partial charge < -0.3 is 0 Å². The molecule has 0 aliphatic heterocycles. The Morgan fingerprint density at radius 2 is 1.54 bits per heavy atom. The molecule has 0 aliphatic rings. The predicted octanol–water partition coefficient (Wildman–Crippen LogP) is 2.90. The standard InChI is InChI=1S/C7H2ClF3O.ClH/c8-7(12)6-4(10)1-3(9)2-5(6)11;/h1-2H;1H. The van der Waals surface area contributed by atoms with Gasteiger partial charge in [0.05, 0.1) is 0 Å². The first-order valence-corrected chi connectivity index (χ1v) is 3.24. The maximum absolute atomic E-state index is 12.6. The van der Waals surface area contributed by atoms with E-state index in [9.17, 15) is 18.0 Å². The van der Waals surface area contributed by atoms with E-state index in [1.54, 1.807) is 0 Å². The highest BCUT2D eigenvalue weighted by Crippen LogP contribution is 2.16. The summed E-state index contributed by atoms with van der Waals surface area (Å²) in [5, 5.41) is -1.29. The van der Waals surface area contributed by atoms with Gasteiger partial charge in [0.25, 0.3) is 5.24 Å². The van der Waals surface area contributed by atoms with Crippen molar-refractivity contribution in [1.82, 2.24) is 0 Å². The quantitative estimate of drug-likeness (QED) is 0.679. The Morgan fingerprint density at radius 1 is 1.15 bits per heavy atom. The fourth-order valence-electron chi connectivity index (χ4n) is 0.730. The summed E-state index contributed by atoms with van der Waals surface area (Å²) in [4.78, 5) is 10.4. The second-order valence-electron chi connectivity index (χ2n) is 2.02. The van der Waals surface area contributed by atoms with Crippen LogP contribution in [0.2, 0.25) is 0 Å². The van der Waals surface area contributed by atoms with Crippen LogP contribution in [0.25, 0.3) is 0 Å². The van der Waals surface area contributed by atoms with Crippen molar-refractivity contribution in [3.8, 4) is 0 Å². The molecule has 0 bridgehead atoms. The number of hydrogen-bond acceptors (Lipinski definition) is 1. The summed E-state index contributed by atoms with van der Waals surface area (Å²) in [6, 6.07) is 0.775. The van der Waals surface area contributed by atoms with E-state index in [4.69, 9.17) is 11.6 Å². The second kappa shape index (κ2) is 4.48. The average Bonchev–Trinajstić information content (AvgIpc) is 1.82. The first-order chi connectivity index (χ1) is 5.52. The van der Waals surface area contributed by atoms with Crippen molar-refractivity contribution in [2.45, 2.75) is 0 Å². The highest BCUT2D eigenvalue weighted by atomic mass is 35.5. The SMILES string of the molecule is Cl.O=C(Cl)c1c(F)cc(F)cc1F. The summed E-state index contributed by atoms with van der Waals surface area (Å²) in [7, 11) is 0. The topological polar surface area (TPSA) is 17.1 Å². The highest BCUT2D eigenvalue weighted by molar-refractivity contribution is 6.67. The maximum atomic E-state index is 12.6. The molecule has 0 heterocycles. The van der Waals surface area contributed by atoms with Crippen LogP contribution in [0, 0.1) is 17.5 Å². The first kappa shape index (κ1) is 12.3. The van der Waals surface area contributed by atoms with Gasteiger partial charge in [-0.05, 0) is 11.6 Å². The summed E-state index contributed by atoms with van der Waals surface area (Å²) in [6.07, 6.45) is 0. The van der Waals surface area contributed by atoms with Crippen LogP contribution >= 0.6 is 24.0 Å². The summed E-state index contributed by atoms with van der Waals surface area (Å²) in [5.41, 5.74) is -0.932. The Labute approximate surface area is 82.9 Å². The van der Waals surface area contributed by atoms with Crippen LogP contribution in [0.5, 0.6) is 0 Å². The Balaban J connectivity index is 0.00000144. The summed E-state index contributed by atoms with van der Waals surface area (Å²) in [6.45, 7) is 0. The lowest BCUT2D eigenvalue weighted by Crippen LogP contribution is -2.00. The van der Waals surface area contributed by atoms with Gasteiger partial charge in [0.2, 0.25) is 0 Å². The van der Waals surface area contributed by atoms with E-state index in [1.807, 2.05) is 0 Å². The third kappa shape index (κ3) is 2.60. The Kier molecular flexibility index (Phi) is 4.23. The average molecular weight is 231 g/mol. The molecule has 0 atom stereocenters. The van der Waals surface area contributed by atoms with Crippen LogP contribution in [-0.4, -0.2) is 5.24 Å². The Morgan fingerprint density at radius 3 is 1.85 bits per heavy atom. The monoisotopic (exact) mass is 230 g/mol. The van der Waals surface area contributed by atoms with Crippen LogP contribution in [0.1, 0.15) is 10.4 Å². The second-order valence-corrected chi connectivity index (χ2v) is 2.36. The molecule has 0 saturated carbocycles. The van der Waals surface area contributed by atoms with Crippen molar-refractivity contribution in [2.24, 2.45) is 0 Å². The number of hydrogen-bond donors (Lipinski definition) is 0. The Bertz CT molecular complexity index is 318. The van der Waals surface area contributed by atoms with Crippen LogP contribution in [-0.2, 0) is 0 Å². The van der Waals surface area contributed by atoms with E-state index in [0.29, 0.717) is 12.1 Å². The van der Waals surface area contributed by atoms with Crippen molar-refractivity contribution in [2.75, 3.05) is 0 Å². The molecular formula is C7H3Cl2F3O. The van der Waals surface area contributed by atoms with Crippen LogP contribution in [0.4, 0.5) is 13.2 Å². The van der Waals surface area contributed by atoms with Crippen molar-refractivity contribution in [1.29, 1.82) is 0 Å². The number of carbonyl (C=O) groups is 1. The van der Waals surface area contributed by atoms with Crippen LogP contribution in [0.15, 0.2) is 12.1 Å². The molecule has 0 aliphatic carbocycles. The minimum Gasteiger partial charge on any atom is -0.275 e. The molecule has 1 rings (SSSR count). The molecular weight excluding hydrogens is 228 g/mol. The zero-order chi connectivity index (χ0) is 9.30. The molecule has 0 spiro atoms. The third-order valence-corrected chi connectivity index (χ3v) is 1.39. The van der Waals surface area contributed by atoms with Gasteiger partial charge in [-0.15, -0.1) is 12.4 Å². The summed E-state index contributed by atoms with van der Waals surface area (Å²) >= 11 is 4.82. The van der Waals surface area contributed by atoms with Gasteiger partial charge in [0, 0.05) is 12.1 Å². The molecule has 0 amide bonds. The zero-order valence-corrected chi connectivity index (χ0v) is 7.56. The van der Waals surface area contributed by atoms with Crippen LogP contribution < -0.4 is 0 Å². The minimum absolute atomic E-state index is 0. The molecule has 6 heteroatoms. The third-order valence-electron chi connectivity index (χ3n) is 1.20. The molecule has 1 nitrogen and oxygen atoms in total. The lowest BCUT2D eigenvalue weighted by atomic mass is 10.2. The fourth-order valence-corrected chi connectivity index (χ4v) is 0.911. The van der Waals surface area contributed by atoms with Crippen molar-refractivity contribution in [3.05, 3.63) is 35.1 Å². The van der Waals surface area contributed by atoms with E-state index < -0.39 is 28.3 Å². The molecule has 72 valence electrons. The van der Waals surface area contributed by atoms with Gasteiger partial charge in [0.1, 0.15) is 23.0 Å². The van der Waals surface area contributed by atoms with Crippen molar-refractivity contribution in [3.63, 3.8) is 0 Å². The molecule has 0 N–H and O–H groups in total. The number of carbonyl (C=O) groups excluding carboxylic acids is 1. The van der Waals surface area contributed by atoms with E-state index in [0.717, 1.165) is 0 Å². The Hall–Kier alpha value is -0.740. The van der Waals surface area contributed by atoms with E-state index in [2.05, 4.69) is 0 Å². The highest BCUT2D eigenvalue weighted by Gasteiger charge is 2.16. The molecule has 0 saturated heterocycles. The van der Waals surface area contributed by atoms with E-state index >= 15 is 0 Å². The van der Waals surface area contributed by atoms with Gasteiger partial charge in [-0.1, -0.05) is 0 Å².